The zero-order valence-electron chi connectivity index (χ0n) is 7.53. The van der Waals surface area contributed by atoms with Gasteiger partial charge in [0, 0.05) is 12.6 Å². The molecule has 0 aromatic rings. The Morgan fingerprint density at radius 2 is 2.09 bits per heavy atom. The molecule has 1 aliphatic rings. The SMILES string of the molecule is C=C(CC)CNC1CCCC1. The lowest BCUT2D eigenvalue weighted by molar-refractivity contribution is 0.546. The van der Waals surface area contributed by atoms with Crippen LogP contribution in [0, 0.1) is 0 Å². The Kier molecular flexibility index (Phi) is 3.64. The van der Waals surface area contributed by atoms with Crippen LogP contribution in [0.5, 0.6) is 0 Å². The summed E-state index contributed by atoms with van der Waals surface area (Å²) in [5, 5.41) is 3.53. The van der Waals surface area contributed by atoms with Crippen molar-refractivity contribution in [2.24, 2.45) is 0 Å². The molecule has 0 aromatic heterocycles. The molecule has 0 heterocycles. The average Bonchev–Trinajstić information content (AvgIpc) is 2.52. The van der Waals surface area contributed by atoms with E-state index < -0.39 is 0 Å². The molecule has 1 rings (SSSR count). The summed E-state index contributed by atoms with van der Waals surface area (Å²) in [5.41, 5.74) is 1.33. The van der Waals surface area contributed by atoms with Gasteiger partial charge >= 0.3 is 0 Å². The van der Waals surface area contributed by atoms with Crippen LogP contribution in [0.15, 0.2) is 12.2 Å². The molecule has 0 spiro atoms. The lowest BCUT2D eigenvalue weighted by atomic mass is 10.2. The van der Waals surface area contributed by atoms with Crippen molar-refractivity contribution >= 4 is 0 Å². The second-order valence-electron chi connectivity index (χ2n) is 3.47. The highest BCUT2D eigenvalue weighted by Crippen LogP contribution is 2.17. The zero-order valence-corrected chi connectivity index (χ0v) is 7.53. The maximum atomic E-state index is 3.97. The van der Waals surface area contributed by atoms with Crippen LogP contribution >= 0.6 is 0 Å². The summed E-state index contributed by atoms with van der Waals surface area (Å²) in [4.78, 5) is 0. The van der Waals surface area contributed by atoms with Gasteiger partial charge in [0.25, 0.3) is 0 Å². The quantitative estimate of drug-likeness (QED) is 0.612. The predicted octanol–water partition coefficient (Wildman–Crippen LogP) is 2.48. The lowest BCUT2D eigenvalue weighted by Crippen LogP contribution is -2.27. The van der Waals surface area contributed by atoms with E-state index in [-0.39, 0.29) is 0 Å². The highest BCUT2D eigenvalue weighted by molar-refractivity contribution is 4.96. The van der Waals surface area contributed by atoms with E-state index in [1.807, 2.05) is 0 Å². The van der Waals surface area contributed by atoms with E-state index >= 15 is 0 Å². The Balaban J connectivity index is 2.06. The summed E-state index contributed by atoms with van der Waals surface area (Å²) in [7, 11) is 0. The Hall–Kier alpha value is -0.300. The van der Waals surface area contributed by atoms with Gasteiger partial charge in [0.1, 0.15) is 0 Å². The molecule has 0 aliphatic heterocycles. The molecule has 1 saturated carbocycles. The molecule has 0 aromatic carbocycles. The zero-order chi connectivity index (χ0) is 8.10. The van der Waals surface area contributed by atoms with Gasteiger partial charge in [-0.1, -0.05) is 31.9 Å². The van der Waals surface area contributed by atoms with Crippen molar-refractivity contribution in [1.29, 1.82) is 0 Å². The minimum Gasteiger partial charge on any atom is -0.310 e. The van der Waals surface area contributed by atoms with Crippen molar-refractivity contribution in [3.05, 3.63) is 12.2 Å². The topological polar surface area (TPSA) is 12.0 Å². The van der Waals surface area contributed by atoms with Crippen molar-refractivity contribution in [2.75, 3.05) is 6.54 Å². The molecule has 1 aliphatic carbocycles. The first-order chi connectivity index (χ1) is 5.33. The maximum absolute atomic E-state index is 3.97. The Morgan fingerprint density at radius 3 is 2.64 bits per heavy atom. The fourth-order valence-electron chi connectivity index (χ4n) is 1.54. The normalized spacial score (nSPS) is 19.0. The molecule has 0 radical (unpaired) electrons. The average molecular weight is 153 g/mol. The van der Waals surface area contributed by atoms with Crippen LogP contribution < -0.4 is 5.32 Å². The maximum Gasteiger partial charge on any atom is 0.0164 e. The van der Waals surface area contributed by atoms with Gasteiger partial charge in [-0.15, -0.1) is 0 Å². The standard InChI is InChI=1S/C10H19N/c1-3-9(2)8-11-10-6-4-5-7-10/h10-11H,2-8H2,1H3. The molecule has 0 bridgehead atoms. The first kappa shape index (κ1) is 8.79. The van der Waals surface area contributed by atoms with E-state index in [1.165, 1.54) is 31.3 Å². The summed E-state index contributed by atoms with van der Waals surface area (Å²) in [6, 6.07) is 0.790. The summed E-state index contributed by atoms with van der Waals surface area (Å²) >= 11 is 0. The van der Waals surface area contributed by atoms with Crippen molar-refractivity contribution in [3.8, 4) is 0 Å². The van der Waals surface area contributed by atoms with Gasteiger partial charge in [-0.3, -0.25) is 0 Å². The second kappa shape index (κ2) is 4.55. The molecule has 0 saturated heterocycles. The van der Waals surface area contributed by atoms with Crippen molar-refractivity contribution in [3.63, 3.8) is 0 Å². The van der Waals surface area contributed by atoms with Gasteiger partial charge in [0.2, 0.25) is 0 Å². The van der Waals surface area contributed by atoms with Crippen molar-refractivity contribution < 1.29 is 0 Å². The van der Waals surface area contributed by atoms with Gasteiger partial charge in [0.05, 0.1) is 0 Å². The molecular weight excluding hydrogens is 134 g/mol. The Labute approximate surface area is 69.9 Å². The number of hydrogen-bond donors (Lipinski definition) is 1. The molecule has 0 amide bonds. The molecule has 64 valence electrons. The van der Waals surface area contributed by atoms with E-state index in [2.05, 4.69) is 18.8 Å². The molecular formula is C10H19N. The van der Waals surface area contributed by atoms with E-state index in [4.69, 9.17) is 0 Å². The van der Waals surface area contributed by atoms with E-state index in [0.717, 1.165) is 19.0 Å². The van der Waals surface area contributed by atoms with E-state index in [0.29, 0.717) is 0 Å². The third-order valence-corrected chi connectivity index (χ3v) is 2.50. The highest BCUT2D eigenvalue weighted by Gasteiger charge is 2.13. The number of nitrogens with one attached hydrogen (secondary N) is 1. The van der Waals surface area contributed by atoms with Crippen LogP contribution in [0.1, 0.15) is 39.0 Å². The van der Waals surface area contributed by atoms with Crippen LogP contribution in [0.2, 0.25) is 0 Å². The number of rotatable bonds is 4. The van der Waals surface area contributed by atoms with Crippen molar-refractivity contribution in [2.45, 2.75) is 45.1 Å². The summed E-state index contributed by atoms with van der Waals surface area (Å²) in [5.74, 6) is 0. The van der Waals surface area contributed by atoms with Crippen LogP contribution in [0.4, 0.5) is 0 Å². The number of hydrogen-bond acceptors (Lipinski definition) is 1. The smallest absolute Gasteiger partial charge is 0.0164 e. The van der Waals surface area contributed by atoms with Gasteiger partial charge < -0.3 is 5.32 Å². The monoisotopic (exact) mass is 153 g/mol. The fraction of sp³-hybridized carbons (Fsp3) is 0.800. The highest BCUT2D eigenvalue weighted by atomic mass is 14.9. The largest absolute Gasteiger partial charge is 0.310 e. The van der Waals surface area contributed by atoms with Crippen molar-refractivity contribution in [1.82, 2.24) is 5.32 Å². The van der Waals surface area contributed by atoms with Crippen LogP contribution in [-0.4, -0.2) is 12.6 Å². The van der Waals surface area contributed by atoms with Gasteiger partial charge in [-0.2, -0.15) is 0 Å². The molecule has 11 heavy (non-hydrogen) atoms. The first-order valence-corrected chi connectivity index (χ1v) is 4.73. The molecule has 1 fully saturated rings. The van der Waals surface area contributed by atoms with Gasteiger partial charge in [0.15, 0.2) is 0 Å². The third kappa shape index (κ3) is 3.06. The molecule has 0 atom stereocenters. The summed E-state index contributed by atoms with van der Waals surface area (Å²) in [6.07, 6.45) is 6.68. The first-order valence-electron chi connectivity index (χ1n) is 4.73. The summed E-state index contributed by atoms with van der Waals surface area (Å²) < 4.78 is 0. The summed E-state index contributed by atoms with van der Waals surface area (Å²) in [6.45, 7) is 7.17. The van der Waals surface area contributed by atoms with Gasteiger partial charge in [-0.05, 0) is 19.3 Å². The minimum atomic E-state index is 0.790. The van der Waals surface area contributed by atoms with Crippen LogP contribution in [-0.2, 0) is 0 Å². The Bertz CT molecular complexity index is 123. The molecule has 0 unspecified atom stereocenters. The Morgan fingerprint density at radius 1 is 1.45 bits per heavy atom. The molecule has 1 N–H and O–H groups in total. The van der Waals surface area contributed by atoms with Crippen LogP contribution in [0.25, 0.3) is 0 Å². The fourth-order valence-corrected chi connectivity index (χ4v) is 1.54. The van der Waals surface area contributed by atoms with Crippen LogP contribution in [0.3, 0.4) is 0 Å². The lowest BCUT2D eigenvalue weighted by Gasteiger charge is -2.11. The van der Waals surface area contributed by atoms with E-state index in [1.54, 1.807) is 0 Å². The second-order valence-corrected chi connectivity index (χ2v) is 3.47. The third-order valence-electron chi connectivity index (χ3n) is 2.50. The van der Waals surface area contributed by atoms with Gasteiger partial charge in [-0.25, -0.2) is 0 Å². The minimum absolute atomic E-state index is 0.790. The predicted molar refractivity (Wildman–Crippen MR) is 49.7 cm³/mol. The van der Waals surface area contributed by atoms with E-state index in [9.17, 15) is 0 Å². The molecule has 1 heteroatoms. The molecule has 1 nitrogen and oxygen atoms in total.